The molecule has 1 amide bonds. The van der Waals surface area contributed by atoms with Crippen molar-refractivity contribution in [1.29, 1.82) is 0 Å². The maximum absolute atomic E-state index is 12.6. The molecule has 0 aliphatic carbocycles. The van der Waals surface area contributed by atoms with Crippen LogP contribution < -0.4 is 4.90 Å². The minimum atomic E-state index is -0.494. The number of carbonyl (C=O) groups is 1. The first-order valence-electron chi connectivity index (χ1n) is 11.0. The third kappa shape index (κ3) is 4.26. The van der Waals surface area contributed by atoms with E-state index in [1.165, 1.54) is 5.56 Å². The molecule has 32 heavy (non-hydrogen) atoms. The van der Waals surface area contributed by atoms with E-state index >= 15 is 0 Å². The Morgan fingerprint density at radius 3 is 2.56 bits per heavy atom. The lowest BCUT2D eigenvalue weighted by molar-refractivity contribution is 0.0208. The maximum Gasteiger partial charge on any atom is 0.410 e. The minimum absolute atomic E-state index is 0.185. The summed E-state index contributed by atoms with van der Waals surface area (Å²) in [6, 6.07) is 10.7. The normalized spacial score (nSPS) is 20.7. The molecule has 2 atom stereocenters. The first kappa shape index (κ1) is 21.1. The lowest BCUT2D eigenvalue weighted by atomic mass is 10.2. The van der Waals surface area contributed by atoms with Gasteiger partial charge in [0, 0.05) is 18.8 Å². The molecule has 0 radical (unpaired) electrons. The molecule has 0 saturated carbocycles. The standard InChI is InChI=1S/C23H28N6O2S/c1-23(2,3)31-22(30)28-11-16-9-10-17(12-28)29(16)21-26-19-18(24-14-25-19)20(27-21)32-13-15-7-5-4-6-8-15/h4-8,14,16-17H,9-13H2,1-3H3,(H,24,25,26,27)/t16-,17+. The molecule has 9 heteroatoms. The molecule has 1 aromatic carbocycles. The van der Waals surface area contributed by atoms with Gasteiger partial charge in [-0.1, -0.05) is 42.1 Å². The second kappa shape index (κ2) is 8.27. The van der Waals surface area contributed by atoms with Crippen LogP contribution in [0.3, 0.4) is 0 Å². The van der Waals surface area contributed by atoms with Gasteiger partial charge in [0.05, 0.1) is 18.4 Å². The number of piperazine rings is 1. The summed E-state index contributed by atoms with van der Waals surface area (Å²) in [5.41, 5.74) is 2.30. The Balaban J connectivity index is 1.38. The van der Waals surface area contributed by atoms with Crippen molar-refractivity contribution < 1.29 is 9.53 Å². The third-order valence-electron chi connectivity index (χ3n) is 5.82. The van der Waals surface area contributed by atoms with Crippen molar-refractivity contribution in [3.05, 3.63) is 42.2 Å². The molecule has 2 fully saturated rings. The highest BCUT2D eigenvalue weighted by Gasteiger charge is 2.44. The zero-order valence-corrected chi connectivity index (χ0v) is 19.4. The summed E-state index contributed by atoms with van der Waals surface area (Å²) in [6.07, 6.45) is 3.46. The molecule has 2 aliphatic heterocycles. The van der Waals surface area contributed by atoms with Crippen LogP contribution in [0.15, 0.2) is 41.7 Å². The van der Waals surface area contributed by atoms with Crippen LogP contribution in [0.4, 0.5) is 10.7 Å². The number of hydrogen-bond donors (Lipinski definition) is 1. The molecular formula is C23H28N6O2S. The minimum Gasteiger partial charge on any atom is -0.444 e. The van der Waals surface area contributed by atoms with Crippen molar-refractivity contribution in [3.63, 3.8) is 0 Å². The molecule has 2 aromatic heterocycles. The van der Waals surface area contributed by atoms with Crippen molar-refractivity contribution in [2.75, 3.05) is 18.0 Å². The van der Waals surface area contributed by atoms with E-state index in [2.05, 4.69) is 39.1 Å². The van der Waals surface area contributed by atoms with Crippen LogP contribution in [-0.2, 0) is 10.5 Å². The van der Waals surface area contributed by atoms with E-state index in [9.17, 15) is 4.79 Å². The number of fused-ring (bicyclic) bond motifs is 3. The Morgan fingerprint density at radius 2 is 1.88 bits per heavy atom. The highest BCUT2D eigenvalue weighted by molar-refractivity contribution is 7.98. The Labute approximate surface area is 191 Å². The molecule has 3 aromatic rings. The first-order valence-corrected chi connectivity index (χ1v) is 12.0. The summed E-state index contributed by atoms with van der Waals surface area (Å²) in [6.45, 7) is 6.95. The van der Waals surface area contributed by atoms with Gasteiger partial charge in [-0.3, -0.25) is 0 Å². The third-order valence-corrected chi connectivity index (χ3v) is 6.87. The Morgan fingerprint density at radius 1 is 1.16 bits per heavy atom. The molecule has 2 saturated heterocycles. The molecule has 0 spiro atoms. The highest BCUT2D eigenvalue weighted by atomic mass is 32.2. The van der Waals surface area contributed by atoms with Crippen LogP contribution in [0.1, 0.15) is 39.2 Å². The topological polar surface area (TPSA) is 87.2 Å². The number of anilines is 1. The first-order chi connectivity index (χ1) is 15.4. The number of nitrogens with zero attached hydrogens (tertiary/aromatic N) is 5. The summed E-state index contributed by atoms with van der Waals surface area (Å²) in [7, 11) is 0. The van der Waals surface area contributed by atoms with Gasteiger partial charge in [0.25, 0.3) is 0 Å². The number of nitrogens with one attached hydrogen (secondary N) is 1. The maximum atomic E-state index is 12.6. The average molecular weight is 453 g/mol. The molecule has 0 unspecified atom stereocenters. The fourth-order valence-corrected chi connectivity index (χ4v) is 5.38. The summed E-state index contributed by atoms with van der Waals surface area (Å²) in [5, 5.41) is 0.903. The predicted octanol–water partition coefficient (Wildman–Crippen LogP) is 4.23. The molecule has 1 N–H and O–H groups in total. The van der Waals surface area contributed by atoms with E-state index in [4.69, 9.17) is 14.7 Å². The number of likely N-dealkylation sites (tertiary alicyclic amines) is 1. The van der Waals surface area contributed by atoms with Crippen LogP contribution in [0.2, 0.25) is 0 Å². The fourth-order valence-electron chi connectivity index (χ4n) is 4.45. The number of ether oxygens (including phenoxy) is 1. The summed E-state index contributed by atoms with van der Waals surface area (Å²) in [4.78, 5) is 34.1. The van der Waals surface area contributed by atoms with Crippen LogP contribution in [0.5, 0.6) is 0 Å². The van der Waals surface area contributed by atoms with Gasteiger partial charge in [-0.2, -0.15) is 4.98 Å². The van der Waals surface area contributed by atoms with E-state index in [0.29, 0.717) is 24.7 Å². The van der Waals surface area contributed by atoms with Crippen molar-refractivity contribution in [3.8, 4) is 0 Å². The lowest BCUT2D eigenvalue weighted by Gasteiger charge is -2.41. The molecule has 4 heterocycles. The number of carbonyl (C=O) groups excluding carboxylic acids is 1. The highest BCUT2D eigenvalue weighted by Crippen LogP contribution is 2.36. The molecule has 8 nitrogen and oxygen atoms in total. The van der Waals surface area contributed by atoms with Gasteiger partial charge in [-0.25, -0.2) is 14.8 Å². The Bertz CT molecular complexity index is 1100. The SMILES string of the molecule is CC(C)(C)OC(=O)N1C[C@H]2CC[C@@H](C1)N2c1nc(SCc2ccccc2)c2[nH]cnc2n1. The molecule has 168 valence electrons. The van der Waals surface area contributed by atoms with Crippen LogP contribution in [-0.4, -0.2) is 61.7 Å². The molecule has 5 rings (SSSR count). The smallest absolute Gasteiger partial charge is 0.410 e. The quantitative estimate of drug-likeness (QED) is 0.468. The summed E-state index contributed by atoms with van der Waals surface area (Å²) >= 11 is 1.69. The number of thioether (sulfide) groups is 1. The van der Waals surface area contributed by atoms with E-state index in [1.54, 1.807) is 18.1 Å². The lowest BCUT2D eigenvalue weighted by Crippen LogP contribution is -2.56. The number of amides is 1. The van der Waals surface area contributed by atoms with Gasteiger partial charge < -0.3 is 19.5 Å². The van der Waals surface area contributed by atoms with E-state index < -0.39 is 5.60 Å². The Kier molecular flexibility index (Phi) is 5.44. The van der Waals surface area contributed by atoms with Crippen molar-refractivity contribution in [1.82, 2.24) is 24.8 Å². The van der Waals surface area contributed by atoms with E-state index in [0.717, 1.165) is 29.1 Å². The van der Waals surface area contributed by atoms with Crippen molar-refractivity contribution in [2.24, 2.45) is 0 Å². The Hall–Kier alpha value is -2.81. The average Bonchev–Trinajstić information content (AvgIpc) is 3.33. The van der Waals surface area contributed by atoms with Gasteiger partial charge in [0.1, 0.15) is 16.1 Å². The number of imidazole rings is 1. The number of benzene rings is 1. The van der Waals surface area contributed by atoms with Gasteiger partial charge in [0.2, 0.25) is 5.95 Å². The van der Waals surface area contributed by atoms with Crippen LogP contribution >= 0.6 is 11.8 Å². The van der Waals surface area contributed by atoms with E-state index in [1.807, 2.05) is 31.7 Å². The largest absolute Gasteiger partial charge is 0.444 e. The van der Waals surface area contributed by atoms with Crippen LogP contribution in [0, 0.1) is 0 Å². The second-order valence-electron chi connectivity index (χ2n) is 9.38. The second-order valence-corrected chi connectivity index (χ2v) is 10.3. The van der Waals surface area contributed by atoms with Gasteiger partial charge in [-0.05, 0) is 39.2 Å². The van der Waals surface area contributed by atoms with Crippen LogP contribution in [0.25, 0.3) is 11.2 Å². The zero-order chi connectivity index (χ0) is 22.3. The van der Waals surface area contributed by atoms with E-state index in [-0.39, 0.29) is 18.2 Å². The number of rotatable bonds is 4. The van der Waals surface area contributed by atoms with Crippen molar-refractivity contribution >= 4 is 35.0 Å². The summed E-state index contributed by atoms with van der Waals surface area (Å²) in [5.74, 6) is 1.53. The number of hydrogen-bond acceptors (Lipinski definition) is 7. The van der Waals surface area contributed by atoms with Crippen molar-refractivity contribution in [2.45, 2.75) is 62.1 Å². The van der Waals surface area contributed by atoms with Gasteiger partial charge in [-0.15, -0.1) is 0 Å². The number of H-pyrrole nitrogens is 1. The zero-order valence-electron chi connectivity index (χ0n) is 18.6. The van der Waals surface area contributed by atoms with Gasteiger partial charge in [0.15, 0.2) is 5.65 Å². The monoisotopic (exact) mass is 452 g/mol. The summed E-state index contributed by atoms with van der Waals surface area (Å²) < 4.78 is 5.60. The molecule has 2 bridgehead atoms. The number of aromatic amines is 1. The number of aromatic nitrogens is 4. The molecular weight excluding hydrogens is 424 g/mol. The van der Waals surface area contributed by atoms with Gasteiger partial charge >= 0.3 is 6.09 Å². The fraction of sp³-hybridized carbons (Fsp3) is 0.478. The molecule has 2 aliphatic rings. The predicted molar refractivity (Wildman–Crippen MR) is 125 cm³/mol.